The van der Waals surface area contributed by atoms with Crippen LogP contribution >= 0.6 is 0 Å². The number of halogens is 3. The van der Waals surface area contributed by atoms with Gasteiger partial charge in [0.15, 0.2) is 0 Å². The van der Waals surface area contributed by atoms with Crippen molar-refractivity contribution in [3.8, 4) is 0 Å². The second-order valence-corrected chi connectivity index (χ2v) is 12.0. The van der Waals surface area contributed by atoms with Gasteiger partial charge in [-0.05, 0) is 37.6 Å². The Labute approximate surface area is 156 Å². The largest absolute Gasteiger partial charge is 0.416 e. The van der Waals surface area contributed by atoms with Crippen molar-refractivity contribution in [2.75, 3.05) is 13.1 Å². The molecule has 3 atom stereocenters. The highest BCUT2D eigenvalue weighted by atomic mass is 28.3. The molecule has 0 N–H and O–H groups in total. The highest BCUT2D eigenvalue weighted by molar-refractivity contribution is 6.80. The maximum Gasteiger partial charge on any atom is 0.416 e. The lowest BCUT2D eigenvalue weighted by atomic mass is 9.93. The second kappa shape index (κ2) is 7.86. The van der Waals surface area contributed by atoms with Gasteiger partial charge in [0.25, 0.3) is 0 Å². The summed E-state index contributed by atoms with van der Waals surface area (Å²) in [5, 5.41) is 0. The van der Waals surface area contributed by atoms with Crippen LogP contribution < -0.4 is 0 Å². The first-order valence-electron chi connectivity index (χ1n) is 9.28. The van der Waals surface area contributed by atoms with Crippen LogP contribution in [0.4, 0.5) is 13.2 Å². The van der Waals surface area contributed by atoms with Crippen LogP contribution in [0, 0.1) is 0 Å². The van der Waals surface area contributed by atoms with Gasteiger partial charge >= 0.3 is 6.18 Å². The molecule has 0 spiro atoms. The van der Waals surface area contributed by atoms with Gasteiger partial charge in [0.05, 0.1) is 11.7 Å². The Hall–Kier alpha value is -1.11. The summed E-state index contributed by atoms with van der Waals surface area (Å²) in [6.45, 7) is 14.1. The first-order chi connectivity index (χ1) is 12.0. The SMILES string of the molecule is C=C[Si](C)(CCCC)N1CC(C)OC(C)(c2ccc(C(F)(F)F)cc2)C1. The number of alkyl halides is 3. The molecule has 0 saturated carbocycles. The maximum atomic E-state index is 12.9. The molecule has 1 aromatic rings. The zero-order chi connectivity index (χ0) is 19.6. The molecular weight excluding hydrogens is 355 g/mol. The molecule has 26 heavy (non-hydrogen) atoms. The van der Waals surface area contributed by atoms with E-state index < -0.39 is 25.6 Å². The number of rotatable bonds is 6. The molecule has 0 amide bonds. The third-order valence-corrected chi connectivity index (χ3v) is 9.48. The molecule has 0 aromatic heterocycles. The Kier molecular flexibility index (Phi) is 6.41. The average Bonchev–Trinajstić information content (AvgIpc) is 2.58. The molecule has 6 heteroatoms. The van der Waals surface area contributed by atoms with Crippen LogP contribution in [-0.2, 0) is 16.5 Å². The molecule has 1 fully saturated rings. The van der Waals surface area contributed by atoms with E-state index in [1.165, 1.54) is 0 Å². The van der Waals surface area contributed by atoms with E-state index in [-0.39, 0.29) is 6.10 Å². The van der Waals surface area contributed by atoms with Crippen molar-refractivity contribution >= 4 is 8.24 Å². The Morgan fingerprint density at radius 3 is 2.46 bits per heavy atom. The van der Waals surface area contributed by atoms with Crippen molar-refractivity contribution in [3.05, 3.63) is 47.7 Å². The highest BCUT2D eigenvalue weighted by Gasteiger charge is 2.43. The van der Waals surface area contributed by atoms with E-state index in [1.54, 1.807) is 12.1 Å². The van der Waals surface area contributed by atoms with E-state index in [1.807, 2.05) is 13.8 Å². The van der Waals surface area contributed by atoms with Crippen molar-refractivity contribution in [3.63, 3.8) is 0 Å². The molecular formula is C20H30F3NOSi. The minimum atomic E-state index is -4.32. The van der Waals surface area contributed by atoms with E-state index in [9.17, 15) is 13.2 Å². The Balaban J connectivity index is 2.28. The fraction of sp³-hybridized carbons (Fsp3) is 0.600. The number of nitrogens with zero attached hydrogens (tertiary/aromatic N) is 1. The van der Waals surface area contributed by atoms with Crippen LogP contribution in [0.15, 0.2) is 36.5 Å². The zero-order valence-corrected chi connectivity index (χ0v) is 17.2. The summed E-state index contributed by atoms with van der Waals surface area (Å²) in [6.07, 6.45) is -1.99. The first-order valence-corrected chi connectivity index (χ1v) is 12.0. The summed E-state index contributed by atoms with van der Waals surface area (Å²) in [4.78, 5) is 0. The summed E-state index contributed by atoms with van der Waals surface area (Å²) in [5.74, 6) is 0. The number of hydrogen-bond acceptors (Lipinski definition) is 2. The molecule has 3 unspecified atom stereocenters. The molecule has 1 saturated heterocycles. The standard InChI is InChI=1S/C20H30F3NOSi/c1-6-8-13-26(5,7-2)24-14-16(3)25-19(4,15-24)17-9-11-18(12-10-17)20(21,22)23/h7,9-12,16H,2,6,8,13-15H2,1,3-5H3. The molecule has 0 aliphatic carbocycles. The van der Waals surface area contributed by atoms with Gasteiger partial charge in [-0.1, -0.05) is 44.1 Å². The Morgan fingerprint density at radius 2 is 1.96 bits per heavy atom. The van der Waals surface area contributed by atoms with Crippen LogP contribution in [-0.4, -0.2) is 32.0 Å². The van der Waals surface area contributed by atoms with Crippen molar-refractivity contribution in [1.82, 2.24) is 4.57 Å². The third-order valence-electron chi connectivity index (χ3n) is 5.45. The van der Waals surface area contributed by atoms with E-state index in [4.69, 9.17) is 4.74 Å². The van der Waals surface area contributed by atoms with E-state index in [2.05, 4.69) is 30.3 Å². The average molecular weight is 386 g/mol. The van der Waals surface area contributed by atoms with Crippen molar-refractivity contribution in [2.24, 2.45) is 0 Å². The summed E-state index contributed by atoms with van der Waals surface area (Å²) >= 11 is 0. The molecule has 2 rings (SSSR count). The lowest BCUT2D eigenvalue weighted by Gasteiger charge is -2.50. The molecule has 1 aliphatic rings. The minimum absolute atomic E-state index is 0.0180. The number of unbranched alkanes of at least 4 members (excludes halogenated alkanes) is 1. The summed E-state index contributed by atoms with van der Waals surface area (Å²) in [5.41, 5.74) is 1.68. The molecule has 1 aliphatic heterocycles. The molecule has 2 nitrogen and oxygen atoms in total. The lowest BCUT2D eigenvalue weighted by Crippen LogP contribution is -2.61. The normalized spacial score (nSPS) is 27.1. The predicted molar refractivity (Wildman–Crippen MR) is 102 cm³/mol. The van der Waals surface area contributed by atoms with Crippen molar-refractivity contribution in [1.29, 1.82) is 0 Å². The van der Waals surface area contributed by atoms with Gasteiger partial charge in [-0.2, -0.15) is 13.2 Å². The van der Waals surface area contributed by atoms with E-state index in [0.717, 1.165) is 43.1 Å². The smallest absolute Gasteiger partial charge is 0.365 e. The van der Waals surface area contributed by atoms with Gasteiger partial charge in [0.1, 0.15) is 13.8 Å². The van der Waals surface area contributed by atoms with E-state index in [0.29, 0.717) is 6.54 Å². The second-order valence-electron chi connectivity index (χ2n) is 7.78. The van der Waals surface area contributed by atoms with Crippen LogP contribution in [0.2, 0.25) is 12.6 Å². The summed E-state index contributed by atoms with van der Waals surface area (Å²) in [6, 6.07) is 6.54. The van der Waals surface area contributed by atoms with Gasteiger partial charge in [-0.15, -0.1) is 6.58 Å². The Morgan fingerprint density at radius 1 is 1.35 bits per heavy atom. The quantitative estimate of drug-likeness (QED) is 0.579. The topological polar surface area (TPSA) is 12.5 Å². The van der Waals surface area contributed by atoms with Gasteiger partial charge in [-0.3, -0.25) is 0 Å². The zero-order valence-electron chi connectivity index (χ0n) is 16.2. The fourth-order valence-corrected chi connectivity index (χ4v) is 6.93. The predicted octanol–water partition coefficient (Wildman–Crippen LogP) is 5.74. The first kappa shape index (κ1) is 21.2. The number of benzene rings is 1. The van der Waals surface area contributed by atoms with Crippen LogP contribution in [0.5, 0.6) is 0 Å². The van der Waals surface area contributed by atoms with E-state index >= 15 is 0 Å². The molecule has 1 heterocycles. The van der Waals surface area contributed by atoms with Gasteiger partial charge < -0.3 is 9.30 Å². The fourth-order valence-electron chi connectivity index (χ4n) is 3.74. The number of ether oxygens (including phenoxy) is 1. The molecule has 146 valence electrons. The van der Waals surface area contributed by atoms with Crippen LogP contribution in [0.1, 0.15) is 44.7 Å². The van der Waals surface area contributed by atoms with Gasteiger partial charge in [-0.25, -0.2) is 0 Å². The number of hydrogen-bond donors (Lipinski definition) is 0. The lowest BCUT2D eigenvalue weighted by molar-refractivity contribution is -0.138. The molecule has 0 bridgehead atoms. The minimum Gasteiger partial charge on any atom is -0.365 e. The Bertz CT molecular complexity index is 618. The van der Waals surface area contributed by atoms with Gasteiger partial charge in [0, 0.05) is 13.1 Å². The number of morpholine rings is 1. The van der Waals surface area contributed by atoms with Crippen molar-refractivity contribution < 1.29 is 17.9 Å². The summed E-state index contributed by atoms with van der Waals surface area (Å²) < 4.78 is 47.3. The summed E-state index contributed by atoms with van der Waals surface area (Å²) in [7, 11) is -1.81. The van der Waals surface area contributed by atoms with Crippen LogP contribution in [0.25, 0.3) is 0 Å². The highest BCUT2D eigenvalue weighted by Crippen LogP contribution is 2.37. The van der Waals surface area contributed by atoms with Crippen LogP contribution in [0.3, 0.4) is 0 Å². The molecule has 0 radical (unpaired) electrons. The maximum absolute atomic E-state index is 12.9. The van der Waals surface area contributed by atoms with Gasteiger partial charge in [0.2, 0.25) is 0 Å². The third kappa shape index (κ3) is 4.59. The monoisotopic (exact) mass is 385 g/mol. The molecule has 1 aromatic carbocycles. The van der Waals surface area contributed by atoms with Crippen molar-refractivity contribution in [2.45, 2.75) is 64.1 Å².